The van der Waals surface area contributed by atoms with Crippen molar-refractivity contribution in [3.8, 4) is 0 Å². The van der Waals surface area contributed by atoms with Gasteiger partial charge in [-0.15, -0.1) is 0 Å². The highest BCUT2D eigenvalue weighted by Gasteiger charge is 2.25. The molecule has 2 aliphatic rings. The first-order chi connectivity index (χ1) is 10.8. The Hall–Kier alpha value is -1.62. The van der Waals surface area contributed by atoms with Crippen molar-refractivity contribution < 1.29 is 9.53 Å². The van der Waals surface area contributed by atoms with E-state index in [9.17, 15) is 4.79 Å². The lowest BCUT2D eigenvalue weighted by Crippen LogP contribution is -2.40. The summed E-state index contributed by atoms with van der Waals surface area (Å²) in [7, 11) is 0. The molecule has 1 aromatic heterocycles. The van der Waals surface area contributed by atoms with Gasteiger partial charge in [0, 0.05) is 31.9 Å². The molecule has 1 aromatic rings. The first-order valence-corrected chi connectivity index (χ1v) is 8.37. The van der Waals surface area contributed by atoms with Gasteiger partial charge in [0.25, 0.3) is 5.91 Å². The summed E-state index contributed by atoms with van der Waals surface area (Å²) in [5, 5.41) is 3.00. The van der Waals surface area contributed by atoms with E-state index in [1.807, 2.05) is 12.1 Å². The van der Waals surface area contributed by atoms with E-state index in [0.717, 1.165) is 44.7 Å². The van der Waals surface area contributed by atoms with E-state index in [2.05, 4.69) is 22.1 Å². The number of amides is 1. The van der Waals surface area contributed by atoms with Crippen LogP contribution in [0.25, 0.3) is 0 Å². The lowest BCUT2D eigenvalue weighted by atomic mass is 10.0. The maximum absolute atomic E-state index is 12.5. The van der Waals surface area contributed by atoms with Gasteiger partial charge in [0.15, 0.2) is 0 Å². The molecule has 120 valence electrons. The third-order valence-electron chi connectivity index (χ3n) is 4.62. The first-order valence-electron chi connectivity index (χ1n) is 8.37. The van der Waals surface area contributed by atoms with Crippen LogP contribution in [0.4, 0.5) is 5.82 Å². The van der Waals surface area contributed by atoms with E-state index < -0.39 is 0 Å². The number of rotatable bonds is 4. The normalized spacial score (nSPS) is 25.2. The Labute approximate surface area is 132 Å². The van der Waals surface area contributed by atoms with E-state index in [1.54, 1.807) is 6.20 Å². The van der Waals surface area contributed by atoms with Crippen LogP contribution in [-0.4, -0.2) is 42.7 Å². The van der Waals surface area contributed by atoms with Gasteiger partial charge in [0.2, 0.25) is 0 Å². The summed E-state index contributed by atoms with van der Waals surface area (Å²) in [6, 6.07) is 4.14. The predicted molar refractivity (Wildman–Crippen MR) is 86.2 cm³/mol. The molecule has 1 amide bonds. The van der Waals surface area contributed by atoms with Gasteiger partial charge < -0.3 is 15.0 Å². The second-order valence-corrected chi connectivity index (χ2v) is 6.26. The Bertz CT molecular complexity index is 514. The number of nitrogens with zero attached hydrogens (tertiary/aromatic N) is 2. The Morgan fingerprint density at radius 3 is 3.09 bits per heavy atom. The molecule has 2 atom stereocenters. The molecule has 0 radical (unpaired) electrons. The molecule has 1 N–H and O–H groups in total. The fourth-order valence-corrected chi connectivity index (χ4v) is 3.32. The Balaban J connectivity index is 1.70. The summed E-state index contributed by atoms with van der Waals surface area (Å²) < 4.78 is 5.56. The molecule has 3 rings (SSSR count). The lowest BCUT2D eigenvalue weighted by molar-refractivity contribution is 0.0858. The monoisotopic (exact) mass is 303 g/mol. The average molecular weight is 303 g/mol. The first kappa shape index (κ1) is 15.3. The second kappa shape index (κ2) is 7.09. The molecule has 5 nitrogen and oxygen atoms in total. The smallest absolute Gasteiger partial charge is 0.255 e. The summed E-state index contributed by atoms with van der Waals surface area (Å²) >= 11 is 0. The molecule has 2 unspecified atom stereocenters. The summed E-state index contributed by atoms with van der Waals surface area (Å²) in [5.41, 5.74) is 0.675. The van der Waals surface area contributed by atoms with Crippen LogP contribution < -0.4 is 10.2 Å². The molecular formula is C17H25N3O2. The number of nitrogens with one attached hydrogen (secondary N) is 1. The minimum atomic E-state index is -0.0450. The molecule has 0 spiro atoms. The van der Waals surface area contributed by atoms with Crippen LogP contribution in [0, 0.1) is 0 Å². The SMILES string of the molecule is CC1CCCCN1c1ncccc1C(=O)NCC1CCCO1. The van der Waals surface area contributed by atoms with Crippen LogP contribution in [0.2, 0.25) is 0 Å². The van der Waals surface area contributed by atoms with Crippen molar-refractivity contribution in [3.05, 3.63) is 23.9 Å². The zero-order valence-corrected chi connectivity index (χ0v) is 13.3. The number of hydrogen-bond donors (Lipinski definition) is 1. The highest BCUT2D eigenvalue weighted by atomic mass is 16.5. The van der Waals surface area contributed by atoms with E-state index in [0.29, 0.717) is 18.2 Å². The number of aromatic nitrogens is 1. The number of anilines is 1. The number of carbonyl (C=O) groups is 1. The number of piperidine rings is 1. The fraction of sp³-hybridized carbons (Fsp3) is 0.647. The van der Waals surface area contributed by atoms with Gasteiger partial charge in [0.1, 0.15) is 5.82 Å². The maximum atomic E-state index is 12.5. The Morgan fingerprint density at radius 1 is 1.41 bits per heavy atom. The average Bonchev–Trinajstić information content (AvgIpc) is 3.06. The quantitative estimate of drug-likeness (QED) is 0.928. The minimum absolute atomic E-state index is 0.0450. The van der Waals surface area contributed by atoms with Gasteiger partial charge in [-0.05, 0) is 51.2 Å². The Morgan fingerprint density at radius 2 is 2.32 bits per heavy atom. The van der Waals surface area contributed by atoms with E-state index in [-0.39, 0.29) is 12.0 Å². The molecule has 0 aromatic carbocycles. The predicted octanol–water partition coefficient (Wildman–Crippen LogP) is 2.37. The largest absolute Gasteiger partial charge is 0.376 e. The van der Waals surface area contributed by atoms with Crippen LogP contribution in [0.15, 0.2) is 18.3 Å². The molecule has 2 aliphatic heterocycles. The van der Waals surface area contributed by atoms with Gasteiger partial charge >= 0.3 is 0 Å². The molecule has 2 saturated heterocycles. The van der Waals surface area contributed by atoms with E-state index in [4.69, 9.17) is 4.74 Å². The lowest BCUT2D eigenvalue weighted by Gasteiger charge is -2.35. The van der Waals surface area contributed by atoms with E-state index in [1.165, 1.54) is 6.42 Å². The van der Waals surface area contributed by atoms with Gasteiger partial charge in [-0.3, -0.25) is 4.79 Å². The zero-order valence-electron chi connectivity index (χ0n) is 13.3. The zero-order chi connectivity index (χ0) is 15.4. The number of hydrogen-bond acceptors (Lipinski definition) is 4. The van der Waals surface area contributed by atoms with Crippen LogP contribution in [0.1, 0.15) is 49.4 Å². The maximum Gasteiger partial charge on any atom is 0.255 e. The molecule has 5 heteroatoms. The molecular weight excluding hydrogens is 278 g/mol. The molecule has 0 bridgehead atoms. The van der Waals surface area contributed by atoms with Gasteiger partial charge in [-0.2, -0.15) is 0 Å². The van der Waals surface area contributed by atoms with Crippen molar-refractivity contribution in [3.63, 3.8) is 0 Å². The van der Waals surface area contributed by atoms with E-state index >= 15 is 0 Å². The van der Waals surface area contributed by atoms with Crippen molar-refractivity contribution in [1.29, 1.82) is 0 Å². The summed E-state index contributed by atoms with van der Waals surface area (Å²) in [4.78, 5) is 19.3. The van der Waals surface area contributed by atoms with Crippen molar-refractivity contribution in [2.75, 3.05) is 24.6 Å². The van der Waals surface area contributed by atoms with Crippen LogP contribution in [0.5, 0.6) is 0 Å². The van der Waals surface area contributed by atoms with Gasteiger partial charge in [-0.1, -0.05) is 0 Å². The minimum Gasteiger partial charge on any atom is -0.376 e. The number of ether oxygens (including phenoxy) is 1. The van der Waals surface area contributed by atoms with Crippen molar-refractivity contribution in [2.45, 2.75) is 51.2 Å². The topological polar surface area (TPSA) is 54.5 Å². The third-order valence-corrected chi connectivity index (χ3v) is 4.62. The molecule has 2 fully saturated rings. The number of carbonyl (C=O) groups excluding carboxylic acids is 1. The van der Waals surface area contributed by atoms with Gasteiger partial charge in [-0.25, -0.2) is 4.98 Å². The molecule has 0 aliphatic carbocycles. The second-order valence-electron chi connectivity index (χ2n) is 6.26. The van der Waals surface area contributed by atoms with Crippen LogP contribution in [-0.2, 0) is 4.74 Å². The summed E-state index contributed by atoms with van der Waals surface area (Å²) in [5.74, 6) is 0.774. The molecule has 22 heavy (non-hydrogen) atoms. The highest BCUT2D eigenvalue weighted by molar-refractivity contribution is 5.98. The van der Waals surface area contributed by atoms with Crippen molar-refractivity contribution in [1.82, 2.24) is 10.3 Å². The Kier molecular flexibility index (Phi) is 4.93. The molecule has 3 heterocycles. The number of pyridine rings is 1. The van der Waals surface area contributed by atoms with Crippen molar-refractivity contribution >= 4 is 11.7 Å². The summed E-state index contributed by atoms with van der Waals surface area (Å²) in [6.45, 7) is 4.58. The fourth-order valence-electron chi connectivity index (χ4n) is 3.32. The molecule has 0 saturated carbocycles. The highest BCUT2D eigenvalue weighted by Crippen LogP contribution is 2.25. The van der Waals surface area contributed by atoms with Crippen LogP contribution in [0.3, 0.4) is 0 Å². The van der Waals surface area contributed by atoms with Crippen LogP contribution >= 0.6 is 0 Å². The third kappa shape index (κ3) is 3.40. The summed E-state index contributed by atoms with van der Waals surface area (Å²) in [6.07, 6.45) is 7.63. The van der Waals surface area contributed by atoms with Gasteiger partial charge in [0.05, 0.1) is 11.7 Å². The standard InChI is InChI=1S/C17H25N3O2/c1-13-6-2-3-10-20(13)16-15(8-4-9-18-16)17(21)19-12-14-7-5-11-22-14/h4,8-9,13-14H,2-3,5-7,10-12H2,1H3,(H,19,21). The van der Waals surface area contributed by atoms with Crippen molar-refractivity contribution in [2.24, 2.45) is 0 Å².